The van der Waals surface area contributed by atoms with Gasteiger partial charge in [-0.25, -0.2) is 0 Å². The van der Waals surface area contributed by atoms with Crippen LogP contribution in [0.4, 0.5) is 5.69 Å². The maximum Gasteiger partial charge on any atom is 0.241 e. The number of amides is 1. The Balaban J connectivity index is 1.83. The molecule has 3 rings (SSSR count). The van der Waals surface area contributed by atoms with Gasteiger partial charge in [-0.3, -0.25) is 4.79 Å². The Labute approximate surface area is 106 Å². The molecule has 18 heavy (non-hydrogen) atoms. The van der Waals surface area contributed by atoms with Gasteiger partial charge in [-0.1, -0.05) is 0 Å². The average molecular weight is 248 g/mol. The van der Waals surface area contributed by atoms with Crippen LogP contribution >= 0.6 is 0 Å². The second-order valence-electron chi connectivity index (χ2n) is 4.63. The van der Waals surface area contributed by atoms with Crippen LogP contribution < -0.4 is 14.4 Å². The van der Waals surface area contributed by atoms with E-state index in [9.17, 15) is 4.79 Å². The molecule has 0 N–H and O–H groups in total. The Morgan fingerprint density at radius 1 is 1.17 bits per heavy atom. The third kappa shape index (κ3) is 1.96. The fraction of sp³-hybridized carbons (Fsp3) is 0.462. The van der Waals surface area contributed by atoms with Crippen LogP contribution in [0.3, 0.4) is 0 Å². The van der Waals surface area contributed by atoms with Gasteiger partial charge in [-0.05, 0) is 18.6 Å². The SMILES string of the molecule is CN1CCCN(c2ccc3c(c2)OCO3)CC1=O. The zero-order valence-electron chi connectivity index (χ0n) is 10.4. The Morgan fingerprint density at radius 2 is 2.00 bits per heavy atom. The van der Waals surface area contributed by atoms with Crippen LogP contribution in [0.15, 0.2) is 18.2 Å². The second kappa shape index (κ2) is 4.40. The van der Waals surface area contributed by atoms with E-state index in [1.807, 2.05) is 25.2 Å². The molecule has 5 heteroatoms. The third-order valence-corrected chi connectivity index (χ3v) is 3.39. The summed E-state index contributed by atoms with van der Waals surface area (Å²) in [5, 5.41) is 0. The minimum atomic E-state index is 0.158. The van der Waals surface area contributed by atoms with Gasteiger partial charge in [0.2, 0.25) is 12.7 Å². The quantitative estimate of drug-likeness (QED) is 0.746. The summed E-state index contributed by atoms with van der Waals surface area (Å²) in [4.78, 5) is 15.7. The maximum atomic E-state index is 11.9. The van der Waals surface area contributed by atoms with Crippen molar-refractivity contribution in [3.05, 3.63) is 18.2 Å². The molecule has 0 aromatic heterocycles. The van der Waals surface area contributed by atoms with Crippen molar-refractivity contribution in [2.24, 2.45) is 0 Å². The average Bonchev–Trinajstić information content (AvgIpc) is 2.77. The summed E-state index contributed by atoms with van der Waals surface area (Å²) in [6.07, 6.45) is 0.983. The number of hydrogen-bond acceptors (Lipinski definition) is 4. The van der Waals surface area contributed by atoms with Gasteiger partial charge < -0.3 is 19.3 Å². The predicted octanol–water partition coefficient (Wildman–Crippen LogP) is 1.08. The summed E-state index contributed by atoms with van der Waals surface area (Å²) in [5.74, 6) is 1.69. The highest BCUT2D eigenvalue weighted by molar-refractivity contribution is 5.82. The molecule has 2 aliphatic rings. The van der Waals surface area contributed by atoms with E-state index in [2.05, 4.69) is 4.90 Å². The highest BCUT2D eigenvalue weighted by Gasteiger charge is 2.21. The van der Waals surface area contributed by atoms with E-state index in [0.29, 0.717) is 6.54 Å². The largest absolute Gasteiger partial charge is 0.454 e. The van der Waals surface area contributed by atoms with Gasteiger partial charge in [0.05, 0.1) is 6.54 Å². The Hall–Kier alpha value is -1.91. The van der Waals surface area contributed by atoms with Crippen molar-refractivity contribution < 1.29 is 14.3 Å². The lowest BCUT2D eigenvalue weighted by atomic mass is 10.2. The summed E-state index contributed by atoms with van der Waals surface area (Å²) in [5.41, 5.74) is 1.02. The van der Waals surface area contributed by atoms with E-state index in [1.54, 1.807) is 4.90 Å². The van der Waals surface area contributed by atoms with Gasteiger partial charge >= 0.3 is 0 Å². The highest BCUT2D eigenvalue weighted by atomic mass is 16.7. The third-order valence-electron chi connectivity index (χ3n) is 3.39. The first-order valence-electron chi connectivity index (χ1n) is 6.12. The van der Waals surface area contributed by atoms with Crippen molar-refractivity contribution >= 4 is 11.6 Å². The number of anilines is 1. The Bertz CT molecular complexity index is 475. The van der Waals surface area contributed by atoms with Crippen LogP contribution in [0.25, 0.3) is 0 Å². The number of likely N-dealkylation sites (N-methyl/N-ethyl adjacent to an activating group) is 1. The minimum absolute atomic E-state index is 0.158. The summed E-state index contributed by atoms with van der Waals surface area (Å²) < 4.78 is 10.7. The standard InChI is InChI=1S/C13H16N2O3/c1-14-5-2-6-15(8-13(14)16)10-3-4-11-12(7-10)18-9-17-11/h3-4,7H,2,5-6,8-9H2,1H3. The number of ether oxygens (including phenoxy) is 2. The Morgan fingerprint density at radius 3 is 2.89 bits per heavy atom. The molecular weight excluding hydrogens is 232 g/mol. The van der Waals surface area contributed by atoms with Crippen LogP contribution in [0.5, 0.6) is 11.5 Å². The lowest BCUT2D eigenvalue weighted by Crippen LogP contribution is -2.34. The van der Waals surface area contributed by atoms with Crippen molar-refractivity contribution in [1.82, 2.24) is 4.90 Å². The molecule has 0 spiro atoms. The van der Waals surface area contributed by atoms with E-state index in [-0.39, 0.29) is 12.7 Å². The summed E-state index contributed by atoms with van der Waals surface area (Å²) in [6, 6.07) is 5.82. The highest BCUT2D eigenvalue weighted by Crippen LogP contribution is 2.35. The fourth-order valence-corrected chi connectivity index (χ4v) is 2.29. The molecule has 2 heterocycles. The van der Waals surface area contributed by atoms with Crippen LogP contribution in [-0.4, -0.2) is 44.3 Å². The second-order valence-corrected chi connectivity index (χ2v) is 4.63. The van der Waals surface area contributed by atoms with Gasteiger partial charge in [0.25, 0.3) is 0 Å². The zero-order chi connectivity index (χ0) is 12.5. The molecule has 1 saturated heterocycles. The van der Waals surface area contributed by atoms with E-state index >= 15 is 0 Å². The Kier molecular flexibility index (Phi) is 2.74. The van der Waals surface area contributed by atoms with Crippen molar-refractivity contribution in [2.45, 2.75) is 6.42 Å². The molecule has 0 saturated carbocycles. The molecule has 0 unspecified atom stereocenters. The minimum Gasteiger partial charge on any atom is -0.454 e. The zero-order valence-corrected chi connectivity index (χ0v) is 10.4. The molecule has 1 fully saturated rings. The normalized spacial score (nSPS) is 19.1. The molecule has 5 nitrogen and oxygen atoms in total. The number of rotatable bonds is 1. The predicted molar refractivity (Wildman–Crippen MR) is 67.0 cm³/mol. The molecule has 2 aliphatic heterocycles. The van der Waals surface area contributed by atoms with Crippen LogP contribution in [0.2, 0.25) is 0 Å². The molecule has 1 aromatic carbocycles. The smallest absolute Gasteiger partial charge is 0.241 e. The molecular formula is C13H16N2O3. The van der Waals surface area contributed by atoms with Crippen LogP contribution in [0.1, 0.15) is 6.42 Å². The fourth-order valence-electron chi connectivity index (χ4n) is 2.29. The molecule has 0 bridgehead atoms. The molecule has 0 atom stereocenters. The number of benzene rings is 1. The van der Waals surface area contributed by atoms with Gasteiger partial charge in [-0.15, -0.1) is 0 Å². The summed E-state index contributed by atoms with van der Waals surface area (Å²) in [7, 11) is 1.85. The molecule has 0 radical (unpaired) electrons. The van der Waals surface area contributed by atoms with Crippen LogP contribution in [0, 0.1) is 0 Å². The first-order chi connectivity index (χ1) is 8.74. The number of nitrogens with zero attached hydrogens (tertiary/aromatic N) is 2. The lowest BCUT2D eigenvalue weighted by Gasteiger charge is -2.22. The molecule has 96 valence electrons. The van der Waals surface area contributed by atoms with Gasteiger partial charge in [0.1, 0.15) is 0 Å². The number of fused-ring (bicyclic) bond motifs is 1. The van der Waals surface area contributed by atoms with Gasteiger partial charge in [-0.2, -0.15) is 0 Å². The van der Waals surface area contributed by atoms with Crippen molar-refractivity contribution in [1.29, 1.82) is 0 Å². The maximum absolute atomic E-state index is 11.9. The number of hydrogen-bond donors (Lipinski definition) is 0. The molecule has 1 aromatic rings. The number of carbonyl (C=O) groups excluding carboxylic acids is 1. The lowest BCUT2D eigenvalue weighted by molar-refractivity contribution is -0.127. The van der Waals surface area contributed by atoms with E-state index < -0.39 is 0 Å². The van der Waals surface area contributed by atoms with E-state index in [4.69, 9.17) is 9.47 Å². The summed E-state index contributed by atoms with van der Waals surface area (Å²) >= 11 is 0. The van der Waals surface area contributed by atoms with Crippen molar-refractivity contribution in [2.75, 3.05) is 38.4 Å². The van der Waals surface area contributed by atoms with Gasteiger partial charge in [0, 0.05) is 31.9 Å². The molecule has 1 amide bonds. The topological polar surface area (TPSA) is 42.0 Å². The first kappa shape index (κ1) is 11.2. The van der Waals surface area contributed by atoms with Gasteiger partial charge in [0.15, 0.2) is 11.5 Å². The molecule has 0 aliphatic carbocycles. The first-order valence-corrected chi connectivity index (χ1v) is 6.12. The number of carbonyl (C=O) groups is 1. The van der Waals surface area contributed by atoms with E-state index in [1.165, 1.54) is 0 Å². The van der Waals surface area contributed by atoms with E-state index in [0.717, 1.165) is 36.7 Å². The monoisotopic (exact) mass is 248 g/mol. The summed E-state index contributed by atoms with van der Waals surface area (Å²) in [6.45, 7) is 2.41. The van der Waals surface area contributed by atoms with Crippen molar-refractivity contribution in [3.63, 3.8) is 0 Å². The van der Waals surface area contributed by atoms with Crippen molar-refractivity contribution in [3.8, 4) is 11.5 Å². The van der Waals surface area contributed by atoms with Crippen LogP contribution in [-0.2, 0) is 4.79 Å².